The van der Waals surface area contributed by atoms with Crippen molar-refractivity contribution in [3.8, 4) is 22.3 Å². The summed E-state index contributed by atoms with van der Waals surface area (Å²) in [6.45, 7) is 3.86. The molecule has 0 amide bonds. The molecule has 0 heterocycles. The van der Waals surface area contributed by atoms with Gasteiger partial charge >= 0.3 is 0 Å². The number of benzene rings is 3. The van der Waals surface area contributed by atoms with Gasteiger partial charge in [-0.3, -0.25) is 0 Å². The van der Waals surface area contributed by atoms with Crippen LogP contribution in [0.25, 0.3) is 27.8 Å². The number of halogens is 3. The summed E-state index contributed by atoms with van der Waals surface area (Å²) in [5.74, 6) is 0.578. The van der Waals surface area contributed by atoms with Crippen LogP contribution in [-0.2, 0) is 6.32 Å². The Morgan fingerprint density at radius 1 is 0.769 bits per heavy atom. The fourth-order valence-corrected chi connectivity index (χ4v) is 6.71. The highest BCUT2D eigenvalue weighted by Gasteiger charge is 2.28. The van der Waals surface area contributed by atoms with Gasteiger partial charge in [-0.25, -0.2) is 13.2 Å². The topological polar surface area (TPSA) is 0 Å². The van der Waals surface area contributed by atoms with Crippen LogP contribution < -0.4 is 0 Å². The fraction of sp³-hybridized carbons (Fsp3) is 0.371. The molecule has 0 nitrogen and oxygen atoms in total. The van der Waals surface area contributed by atoms with Gasteiger partial charge in [0.1, 0.15) is 13.7 Å². The van der Waals surface area contributed by atoms with E-state index in [1.807, 2.05) is 18.2 Å². The zero-order chi connectivity index (χ0) is 27.4. The summed E-state index contributed by atoms with van der Waals surface area (Å²) < 4.78 is 44.1. The van der Waals surface area contributed by atoms with Crippen LogP contribution in [0.5, 0.6) is 0 Å². The summed E-state index contributed by atoms with van der Waals surface area (Å²) >= 11 is 0. The average molecular weight is 526 g/mol. The molecule has 0 aliphatic heterocycles. The Morgan fingerprint density at radius 3 is 2.05 bits per heavy atom. The van der Waals surface area contributed by atoms with Gasteiger partial charge in [-0.15, -0.1) is 6.58 Å². The third kappa shape index (κ3) is 6.11. The highest BCUT2D eigenvalue weighted by molar-refractivity contribution is 6.08. The summed E-state index contributed by atoms with van der Waals surface area (Å²) in [5, 5.41) is 0. The largest absolute Gasteiger partial charge is 0.206 e. The Morgan fingerprint density at radius 2 is 1.44 bits per heavy atom. The lowest BCUT2D eigenvalue weighted by molar-refractivity contribution is 0.190. The molecule has 4 heteroatoms. The smallest absolute Gasteiger partial charge is 0.166 e. The molecule has 0 radical (unpaired) electrons. The monoisotopic (exact) mass is 526 g/mol. The molecule has 0 spiro atoms. The van der Waals surface area contributed by atoms with Gasteiger partial charge in [0.25, 0.3) is 0 Å². The van der Waals surface area contributed by atoms with E-state index in [-0.39, 0.29) is 11.4 Å². The fourth-order valence-electron chi connectivity index (χ4n) is 6.71. The second-order valence-electron chi connectivity index (χ2n) is 11.4. The molecule has 1 atom stereocenters. The zero-order valence-electron chi connectivity index (χ0n) is 23.0. The van der Waals surface area contributed by atoms with E-state index in [1.165, 1.54) is 44.1 Å². The maximum atomic E-state index is 15.3. The number of allylic oxidation sites excluding steroid dienone is 3. The minimum Gasteiger partial charge on any atom is -0.206 e. The molecule has 0 N–H and O–H groups in total. The van der Waals surface area contributed by atoms with E-state index >= 15 is 4.39 Å². The predicted molar refractivity (Wildman–Crippen MR) is 160 cm³/mol. The first-order chi connectivity index (χ1) is 19.0. The highest BCUT2D eigenvalue weighted by atomic mass is 19.2. The lowest BCUT2D eigenvalue weighted by atomic mass is 9.70. The van der Waals surface area contributed by atoms with Crippen molar-refractivity contribution >= 4 is 13.4 Å². The van der Waals surface area contributed by atoms with Crippen molar-refractivity contribution in [1.82, 2.24) is 0 Å². The van der Waals surface area contributed by atoms with Gasteiger partial charge in [-0.05, 0) is 96.6 Å². The van der Waals surface area contributed by atoms with Gasteiger partial charge in [0.2, 0.25) is 0 Å². The molecular formula is C35H38BF3. The lowest BCUT2D eigenvalue weighted by Gasteiger charge is -2.35. The minimum absolute atomic E-state index is 0.218. The van der Waals surface area contributed by atoms with Gasteiger partial charge in [-0.2, -0.15) is 0 Å². The van der Waals surface area contributed by atoms with Gasteiger partial charge in [0, 0.05) is 11.1 Å². The van der Waals surface area contributed by atoms with Crippen molar-refractivity contribution in [2.24, 2.45) is 17.8 Å². The van der Waals surface area contributed by atoms with Crippen molar-refractivity contribution in [3.63, 3.8) is 0 Å². The van der Waals surface area contributed by atoms with Crippen LogP contribution >= 0.6 is 0 Å². The van der Waals surface area contributed by atoms with E-state index in [1.54, 1.807) is 50.3 Å². The predicted octanol–water partition coefficient (Wildman–Crippen LogP) is 9.53. The SMILES string of the molecule is BCc1ccc(-c2ccc(-c3ccc(C4=CCC(C5CCC(CCC=C)CC5)CC4)cc3F)cc2)c(F)c1F. The first-order valence-electron chi connectivity index (χ1n) is 14.7. The highest BCUT2D eigenvalue weighted by Crippen LogP contribution is 2.42. The Kier molecular flexibility index (Phi) is 8.80. The second kappa shape index (κ2) is 12.4. The van der Waals surface area contributed by atoms with Crippen LogP contribution in [0.15, 0.2) is 73.3 Å². The Balaban J connectivity index is 1.24. The molecule has 0 bridgehead atoms. The third-order valence-electron chi connectivity index (χ3n) is 9.18. The van der Waals surface area contributed by atoms with Crippen molar-refractivity contribution in [2.75, 3.05) is 0 Å². The van der Waals surface area contributed by atoms with E-state index in [4.69, 9.17) is 0 Å². The second-order valence-corrected chi connectivity index (χ2v) is 11.4. The molecule has 1 unspecified atom stereocenters. The van der Waals surface area contributed by atoms with Gasteiger partial charge in [0.05, 0.1) is 0 Å². The van der Waals surface area contributed by atoms with Crippen LogP contribution in [0.1, 0.15) is 68.9 Å². The van der Waals surface area contributed by atoms with Crippen LogP contribution in [0.3, 0.4) is 0 Å². The van der Waals surface area contributed by atoms with Gasteiger partial charge < -0.3 is 0 Å². The van der Waals surface area contributed by atoms with Crippen molar-refractivity contribution in [3.05, 3.63) is 102 Å². The van der Waals surface area contributed by atoms with Crippen molar-refractivity contribution in [2.45, 2.75) is 64.1 Å². The zero-order valence-corrected chi connectivity index (χ0v) is 23.0. The quantitative estimate of drug-likeness (QED) is 0.203. The average Bonchev–Trinajstić information content (AvgIpc) is 2.98. The van der Waals surface area contributed by atoms with Crippen molar-refractivity contribution < 1.29 is 13.2 Å². The first kappa shape index (κ1) is 27.6. The summed E-state index contributed by atoms with van der Waals surface area (Å²) in [7, 11) is 1.80. The molecule has 0 aromatic heterocycles. The Bertz CT molecular complexity index is 1330. The lowest BCUT2D eigenvalue weighted by Crippen LogP contribution is -2.23. The summed E-state index contributed by atoms with van der Waals surface area (Å²) in [6.07, 6.45) is 16.0. The minimum atomic E-state index is -0.836. The van der Waals surface area contributed by atoms with Crippen LogP contribution in [0, 0.1) is 35.2 Å². The van der Waals surface area contributed by atoms with E-state index in [0.29, 0.717) is 23.0 Å². The molecule has 0 saturated heterocycles. The normalized spacial score (nSPS) is 21.4. The van der Waals surface area contributed by atoms with E-state index in [0.717, 1.165) is 48.1 Å². The Labute approximate surface area is 232 Å². The van der Waals surface area contributed by atoms with Crippen molar-refractivity contribution in [1.29, 1.82) is 0 Å². The summed E-state index contributed by atoms with van der Waals surface area (Å²) in [5.41, 5.74) is 4.60. The van der Waals surface area contributed by atoms with Crippen LogP contribution in [-0.4, -0.2) is 7.85 Å². The Hall–Kier alpha value is -3.01. The molecule has 5 rings (SSSR count). The molecule has 3 aromatic rings. The van der Waals surface area contributed by atoms with E-state index < -0.39 is 11.6 Å². The maximum absolute atomic E-state index is 15.3. The molecule has 3 aromatic carbocycles. The molecule has 39 heavy (non-hydrogen) atoms. The molecular weight excluding hydrogens is 488 g/mol. The number of hydrogen-bond acceptors (Lipinski definition) is 0. The maximum Gasteiger partial charge on any atom is 0.166 e. The standard InChI is InChI=1S/C35H38BF3/c1-2-3-4-23-5-7-24(8-6-23)25-9-11-26(12-10-25)29-17-19-31(33(37)21-29)27-13-15-28(16-14-27)32-20-18-30(22-36)34(38)35(32)39/h2,11,13-21,23-25H,1,3-10,12,22,36H2. The third-order valence-corrected chi connectivity index (χ3v) is 9.18. The van der Waals surface area contributed by atoms with E-state index in [2.05, 4.69) is 12.7 Å². The summed E-state index contributed by atoms with van der Waals surface area (Å²) in [6, 6.07) is 15.7. The molecule has 1 fully saturated rings. The van der Waals surface area contributed by atoms with Gasteiger partial charge in [-0.1, -0.05) is 79.8 Å². The molecule has 2 aliphatic carbocycles. The molecule has 1 saturated carbocycles. The van der Waals surface area contributed by atoms with Crippen LogP contribution in [0.2, 0.25) is 0 Å². The summed E-state index contributed by atoms with van der Waals surface area (Å²) in [4.78, 5) is 0. The number of hydrogen-bond donors (Lipinski definition) is 0. The van der Waals surface area contributed by atoms with E-state index in [9.17, 15) is 8.78 Å². The molecule has 2 aliphatic rings. The van der Waals surface area contributed by atoms with Gasteiger partial charge in [0.15, 0.2) is 11.6 Å². The molecule has 202 valence electrons. The number of rotatable bonds is 8. The van der Waals surface area contributed by atoms with Crippen LogP contribution in [0.4, 0.5) is 13.2 Å². The first-order valence-corrected chi connectivity index (χ1v) is 14.7.